The van der Waals surface area contributed by atoms with E-state index in [0.29, 0.717) is 11.0 Å². The SMILES string of the molecule is CC(C)N(CCC(N)=S)c1ncnc2c1CCCC2. The van der Waals surface area contributed by atoms with Crippen LogP contribution in [0.2, 0.25) is 0 Å². The monoisotopic (exact) mass is 278 g/mol. The predicted octanol–water partition coefficient (Wildman–Crippen LogP) is 2.25. The molecule has 2 N–H and O–H groups in total. The molecule has 5 heteroatoms. The minimum absolute atomic E-state index is 0.385. The third kappa shape index (κ3) is 3.41. The van der Waals surface area contributed by atoms with E-state index in [4.69, 9.17) is 18.0 Å². The molecule has 1 aliphatic rings. The van der Waals surface area contributed by atoms with Gasteiger partial charge in [-0.3, -0.25) is 0 Å². The predicted molar refractivity (Wildman–Crippen MR) is 82.6 cm³/mol. The Hall–Kier alpha value is -1.23. The van der Waals surface area contributed by atoms with E-state index >= 15 is 0 Å². The molecule has 1 aliphatic carbocycles. The van der Waals surface area contributed by atoms with Crippen molar-refractivity contribution < 1.29 is 0 Å². The average Bonchev–Trinajstić information content (AvgIpc) is 2.38. The molecule has 1 heterocycles. The number of nitrogens with zero attached hydrogens (tertiary/aromatic N) is 3. The van der Waals surface area contributed by atoms with Crippen molar-refractivity contribution in [2.45, 2.75) is 52.0 Å². The summed E-state index contributed by atoms with van der Waals surface area (Å²) >= 11 is 4.99. The summed E-state index contributed by atoms with van der Waals surface area (Å²) in [7, 11) is 0. The summed E-state index contributed by atoms with van der Waals surface area (Å²) in [5.41, 5.74) is 8.17. The molecule has 0 unspecified atom stereocenters. The largest absolute Gasteiger partial charge is 0.393 e. The van der Waals surface area contributed by atoms with Crippen LogP contribution in [0.5, 0.6) is 0 Å². The molecule has 104 valence electrons. The lowest BCUT2D eigenvalue weighted by molar-refractivity contribution is 0.634. The zero-order chi connectivity index (χ0) is 13.8. The van der Waals surface area contributed by atoms with Crippen molar-refractivity contribution in [1.29, 1.82) is 0 Å². The third-order valence-corrected chi connectivity index (χ3v) is 3.80. The molecule has 0 aromatic carbocycles. The zero-order valence-corrected chi connectivity index (χ0v) is 12.5. The van der Waals surface area contributed by atoms with Crippen LogP contribution in [0.4, 0.5) is 5.82 Å². The minimum Gasteiger partial charge on any atom is -0.393 e. The Bertz CT molecular complexity index is 459. The van der Waals surface area contributed by atoms with Crippen molar-refractivity contribution in [1.82, 2.24) is 9.97 Å². The maximum atomic E-state index is 5.63. The first kappa shape index (κ1) is 14.2. The summed E-state index contributed by atoms with van der Waals surface area (Å²) in [6.45, 7) is 5.18. The van der Waals surface area contributed by atoms with Crippen molar-refractivity contribution in [3.63, 3.8) is 0 Å². The average molecular weight is 278 g/mol. The van der Waals surface area contributed by atoms with Crippen molar-refractivity contribution in [3.8, 4) is 0 Å². The highest BCUT2D eigenvalue weighted by Crippen LogP contribution is 2.28. The molecule has 1 aromatic heterocycles. The first-order valence-corrected chi connectivity index (χ1v) is 7.38. The van der Waals surface area contributed by atoms with E-state index in [1.807, 2.05) is 0 Å². The highest BCUT2D eigenvalue weighted by molar-refractivity contribution is 7.80. The molecule has 1 aromatic rings. The van der Waals surface area contributed by atoms with Crippen LogP contribution in [0.25, 0.3) is 0 Å². The molecule has 0 saturated carbocycles. The van der Waals surface area contributed by atoms with Crippen molar-refractivity contribution in [2.24, 2.45) is 5.73 Å². The number of aromatic nitrogens is 2. The zero-order valence-electron chi connectivity index (χ0n) is 11.7. The summed E-state index contributed by atoms with van der Waals surface area (Å²) in [5, 5.41) is 0. The van der Waals surface area contributed by atoms with E-state index < -0.39 is 0 Å². The van der Waals surface area contributed by atoms with E-state index in [2.05, 4.69) is 28.7 Å². The van der Waals surface area contributed by atoms with Crippen LogP contribution in [-0.2, 0) is 12.8 Å². The summed E-state index contributed by atoms with van der Waals surface area (Å²) < 4.78 is 0. The van der Waals surface area contributed by atoms with Gasteiger partial charge in [0, 0.05) is 30.3 Å². The molecule has 0 amide bonds. The highest BCUT2D eigenvalue weighted by atomic mass is 32.1. The summed E-state index contributed by atoms with van der Waals surface area (Å²) in [5.74, 6) is 1.08. The number of nitrogens with two attached hydrogens (primary N) is 1. The van der Waals surface area contributed by atoms with Gasteiger partial charge in [0.05, 0.1) is 4.99 Å². The highest BCUT2D eigenvalue weighted by Gasteiger charge is 2.21. The maximum Gasteiger partial charge on any atom is 0.135 e. The van der Waals surface area contributed by atoms with Gasteiger partial charge in [-0.2, -0.15) is 0 Å². The summed E-state index contributed by atoms with van der Waals surface area (Å²) in [6, 6.07) is 0.385. The Morgan fingerprint density at radius 1 is 1.37 bits per heavy atom. The van der Waals surface area contributed by atoms with E-state index in [1.54, 1.807) is 6.33 Å². The van der Waals surface area contributed by atoms with Gasteiger partial charge in [-0.15, -0.1) is 0 Å². The van der Waals surface area contributed by atoms with E-state index in [1.165, 1.54) is 24.1 Å². The number of fused-ring (bicyclic) bond motifs is 1. The number of aryl methyl sites for hydroxylation is 1. The topological polar surface area (TPSA) is 55.0 Å². The van der Waals surface area contributed by atoms with Gasteiger partial charge < -0.3 is 10.6 Å². The van der Waals surface area contributed by atoms with Crippen LogP contribution in [0.1, 0.15) is 44.4 Å². The first-order valence-electron chi connectivity index (χ1n) is 6.97. The molecule has 0 radical (unpaired) electrons. The van der Waals surface area contributed by atoms with Gasteiger partial charge in [-0.05, 0) is 39.5 Å². The molecule has 19 heavy (non-hydrogen) atoms. The molecule has 0 spiro atoms. The standard InChI is InChI=1S/C14H22N4S/c1-10(2)18(8-7-13(15)19)14-11-5-3-4-6-12(11)16-9-17-14/h9-10H,3-8H2,1-2H3,(H2,15,19). The smallest absolute Gasteiger partial charge is 0.135 e. The second kappa shape index (κ2) is 6.28. The molecular formula is C14H22N4S. The normalized spacial score (nSPS) is 14.3. The lowest BCUT2D eigenvalue weighted by Crippen LogP contribution is -2.35. The number of hydrogen-bond acceptors (Lipinski definition) is 4. The molecule has 0 atom stereocenters. The van der Waals surface area contributed by atoms with Crippen LogP contribution in [0.15, 0.2) is 6.33 Å². The Labute approximate surface area is 120 Å². The van der Waals surface area contributed by atoms with Crippen molar-refractivity contribution in [2.75, 3.05) is 11.4 Å². The van der Waals surface area contributed by atoms with Crippen LogP contribution in [-0.4, -0.2) is 27.5 Å². The molecule has 0 aliphatic heterocycles. The van der Waals surface area contributed by atoms with Gasteiger partial charge in [0.2, 0.25) is 0 Å². The summed E-state index contributed by atoms with van der Waals surface area (Å²) in [4.78, 5) is 11.8. The first-order chi connectivity index (χ1) is 9.09. The Morgan fingerprint density at radius 3 is 2.79 bits per heavy atom. The van der Waals surface area contributed by atoms with Gasteiger partial charge in [-0.25, -0.2) is 9.97 Å². The molecule has 4 nitrogen and oxygen atoms in total. The number of rotatable bonds is 5. The van der Waals surface area contributed by atoms with Gasteiger partial charge in [0.25, 0.3) is 0 Å². The Kier molecular flexibility index (Phi) is 4.69. The lowest BCUT2D eigenvalue weighted by Gasteiger charge is -2.31. The number of thiocarbonyl (C=S) groups is 1. The van der Waals surface area contributed by atoms with Crippen molar-refractivity contribution >= 4 is 23.0 Å². The molecule has 2 rings (SSSR count). The second-order valence-electron chi connectivity index (χ2n) is 5.33. The van der Waals surface area contributed by atoms with E-state index in [-0.39, 0.29) is 0 Å². The summed E-state index contributed by atoms with van der Waals surface area (Å²) in [6.07, 6.45) is 7.04. The molecule has 0 fully saturated rings. The van der Waals surface area contributed by atoms with Gasteiger partial charge >= 0.3 is 0 Å². The van der Waals surface area contributed by atoms with Gasteiger partial charge in [-0.1, -0.05) is 12.2 Å². The van der Waals surface area contributed by atoms with Crippen molar-refractivity contribution in [3.05, 3.63) is 17.6 Å². The fourth-order valence-corrected chi connectivity index (χ4v) is 2.68. The Morgan fingerprint density at radius 2 is 2.11 bits per heavy atom. The van der Waals surface area contributed by atoms with E-state index in [9.17, 15) is 0 Å². The fourth-order valence-electron chi connectivity index (χ4n) is 2.59. The number of anilines is 1. The third-order valence-electron chi connectivity index (χ3n) is 3.60. The minimum atomic E-state index is 0.385. The molecule has 0 saturated heterocycles. The number of hydrogen-bond donors (Lipinski definition) is 1. The van der Waals surface area contributed by atoms with Gasteiger partial charge in [0.1, 0.15) is 12.1 Å². The van der Waals surface area contributed by atoms with Crippen LogP contribution in [0.3, 0.4) is 0 Å². The fraction of sp³-hybridized carbons (Fsp3) is 0.643. The molecular weight excluding hydrogens is 256 g/mol. The second-order valence-corrected chi connectivity index (χ2v) is 5.86. The van der Waals surface area contributed by atoms with Crippen LogP contribution >= 0.6 is 12.2 Å². The lowest BCUT2D eigenvalue weighted by atomic mass is 9.96. The van der Waals surface area contributed by atoms with Crippen LogP contribution in [0, 0.1) is 0 Å². The van der Waals surface area contributed by atoms with Gasteiger partial charge in [0.15, 0.2) is 0 Å². The Balaban J connectivity index is 2.28. The van der Waals surface area contributed by atoms with E-state index in [0.717, 1.165) is 31.6 Å². The maximum absolute atomic E-state index is 5.63. The van der Waals surface area contributed by atoms with Crippen LogP contribution < -0.4 is 10.6 Å². The molecule has 0 bridgehead atoms. The quantitative estimate of drug-likeness (QED) is 0.837.